The van der Waals surface area contributed by atoms with E-state index in [9.17, 15) is 9.59 Å². The summed E-state index contributed by atoms with van der Waals surface area (Å²) in [6.45, 7) is 0.903. The zero-order valence-electron chi connectivity index (χ0n) is 16.7. The van der Waals surface area contributed by atoms with Crippen LogP contribution >= 0.6 is 11.3 Å². The molecule has 0 spiro atoms. The van der Waals surface area contributed by atoms with Crippen molar-refractivity contribution >= 4 is 33.0 Å². The molecule has 1 aliphatic heterocycles. The molecule has 3 unspecified atom stereocenters. The lowest BCUT2D eigenvalue weighted by Gasteiger charge is -2.32. The standard InChI is InChI=1S/C24H20N4O2S/c29-21(17-11-16-10-14(17)12-28(16)15-6-2-1-3-7-15)18-13-31-22-20(18)26-23(27-24(22)30)19-8-4-5-9-25-19/h1-9,13-14,16-17H,10-12H2,(H,26,27,30). The van der Waals surface area contributed by atoms with Gasteiger partial charge in [0.05, 0.1) is 11.1 Å². The van der Waals surface area contributed by atoms with E-state index in [4.69, 9.17) is 0 Å². The van der Waals surface area contributed by atoms with Crippen molar-refractivity contribution in [1.82, 2.24) is 15.0 Å². The molecule has 6 rings (SSSR count). The summed E-state index contributed by atoms with van der Waals surface area (Å²) in [6.07, 6.45) is 3.56. The van der Waals surface area contributed by atoms with Crippen molar-refractivity contribution in [3.63, 3.8) is 0 Å². The van der Waals surface area contributed by atoms with Crippen LogP contribution in [-0.4, -0.2) is 33.3 Å². The number of nitrogens with zero attached hydrogens (tertiary/aromatic N) is 3. The van der Waals surface area contributed by atoms with Gasteiger partial charge in [-0.25, -0.2) is 4.98 Å². The number of thiophene rings is 1. The van der Waals surface area contributed by atoms with Gasteiger partial charge in [-0.1, -0.05) is 24.3 Å². The van der Waals surface area contributed by atoms with Crippen LogP contribution in [-0.2, 0) is 0 Å². The van der Waals surface area contributed by atoms with Gasteiger partial charge in [-0.05, 0) is 43.0 Å². The van der Waals surface area contributed by atoms with Gasteiger partial charge in [0.2, 0.25) is 0 Å². The SMILES string of the molecule is O=C(c1csc2c(=O)[nH]c(-c3ccccn3)nc12)C1CC2CC1CN2c1ccccc1. The molecule has 6 nitrogen and oxygen atoms in total. The number of ketones is 1. The first-order chi connectivity index (χ1) is 15.2. The lowest BCUT2D eigenvalue weighted by molar-refractivity contribution is 0.0888. The summed E-state index contributed by atoms with van der Waals surface area (Å²) in [5.41, 5.74) is 2.67. The Morgan fingerprint density at radius 3 is 2.68 bits per heavy atom. The van der Waals surface area contributed by atoms with Crippen molar-refractivity contribution in [2.45, 2.75) is 18.9 Å². The van der Waals surface area contributed by atoms with Crippen molar-refractivity contribution in [2.75, 3.05) is 11.4 Å². The minimum atomic E-state index is -0.224. The number of rotatable bonds is 4. The van der Waals surface area contributed by atoms with Gasteiger partial charge >= 0.3 is 0 Å². The zero-order chi connectivity index (χ0) is 20.9. The topological polar surface area (TPSA) is 79.0 Å². The third-order valence-corrected chi connectivity index (χ3v) is 7.53. The fourth-order valence-electron chi connectivity index (χ4n) is 5.14. The molecule has 3 atom stereocenters. The largest absolute Gasteiger partial charge is 0.368 e. The van der Waals surface area contributed by atoms with Crippen LogP contribution in [0.15, 0.2) is 64.9 Å². The Labute approximate surface area is 182 Å². The van der Waals surface area contributed by atoms with Crippen LogP contribution in [0.5, 0.6) is 0 Å². The van der Waals surface area contributed by atoms with Crippen LogP contribution in [0.2, 0.25) is 0 Å². The second-order valence-corrected chi connectivity index (χ2v) is 9.18. The Morgan fingerprint density at radius 2 is 1.94 bits per heavy atom. The van der Waals surface area contributed by atoms with Gasteiger partial charge in [0.15, 0.2) is 11.6 Å². The number of fused-ring (bicyclic) bond motifs is 3. The predicted molar refractivity (Wildman–Crippen MR) is 122 cm³/mol. The number of pyridine rings is 1. The van der Waals surface area contributed by atoms with Gasteiger partial charge in [0.25, 0.3) is 5.56 Å². The highest BCUT2D eigenvalue weighted by Gasteiger charge is 2.48. The van der Waals surface area contributed by atoms with E-state index in [2.05, 4.69) is 44.1 Å². The molecule has 0 amide bonds. The Kier molecular flexibility index (Phi) is 4.24. The summed E-state index contributed by atoms with van der Waals surface area (Å²) in [5, 5.41) is 1.80. The number of nitrogens with one attached hydrogen (secondary N) is 1. The molecule has 31 heavy (non-hydrogen) atoms. The van der Waals surface area contributed by atoms with Gasteiger partial charge < -0.3 is 9.88 Å². The number of H-pyrrole nitrogens is 1. The molecule has 7 heteroatoms. The molecule has 154 valence electrons. The van der Waals surface area contributed by atoms with E-state index >= 15 is 0 Å². The molecule has 1 saturated heterocycles. The molecule has 2 aliphatic rings. The van der Waals surface area contributed by atoms with Gasteiger partial charge in [0.1, 0.15) is 10.4 Å². The number of hydrogen-bond acceptors (Lipinski definition) is 6. The summed E-state index contributed by atoms with van der Waals surface area (Å²) in [5.74, 6) is 0.845. The zero-order valence-corrected chi connectivity index (χ0v) is 17.5. The number of para-hydroxylation sites is 1. The molecule has 2 bridgehead atoms. The quantitative estimate of drug-likeness (QED) is 0.494. The van der Waals surface area contributed by atoms with Gasteiger partial charge in [-0.2, -0.15) is 0 Å². The maximum absolute atomic E-state index is 13.5. The highest BCUT2D eigenvalue weighted by Crippen LogP contribution is 2.46. The molecule has 4 aromatic rings. The summed E-state index contributed by atoms with van der Waals surface area (Å²) < 4.78 is 0.497. The van der Waals surface area contributed by atoms with E-state index in [0.717, 1.165) is 19.4 Å². The molecule has 1 saturated carbocycles. The minimum Gasteiger partial charge on any atom is -0.368 e. The number of piperidine rings is 1. The molecule has 4 heterocycles. The first-order valence-corrected chi connectivity index (χ1v) is 11.4. The lowest BCUT2D eigenvalue weighted by Crippen LogP contribution is -2.37. The summed E-state index contributed by atoms with van der Waals surface area (Å²) in [4.78, 5) is 40.3. The fourth-order valence-corrected chi connectivity index (χ4v) is 6.03. The van der Waals surface area contributed by atoms with E-state index < -0.39 is 0 Å². The molecular formula is C24H20N4O2S. The Balaban J connectivity index is 1.32. The Bertz CT molecular complexity index is 1330. The number of carbonyl (C=O) groups is 1. The molecular weight excluding hydrogens is 408 g/mol. The molecule has 2 fully saturated rings. The van der Waals surface area contributed by atoms with Gasteiger partial charge in [0, 0.05) is 35.8 Å². The monoisotopic (exact) mass is 428 g/mol. The maximum atomic E-state index is 13.5. The second-order valence-electron chi connectivity index (χ2n) is 8.30. The molecule has 1 aliphatic carbocycles. The number of anilines is 1. The van der Waals surface area contributed by atoms with E-state index in [-0.39, 0.29) is 17.3 Å². The van der Waals surface area contributed by atoms with Crippen molar-refractivity contribution in [3.05, 3.63) is 76.0 Å². The molecule has 1 N–H and O–H groups in total. The summed E-state index contributed by atoms with van der Waals surface area (Å²) in [7, 11) is 0. The second kappa shape index (κ2) is 7.13. The number of Topliss-reactive ketones (excluding diaryl/α,β-unsaturated/α-hetero) is 1. The maximum Gasteiger partial charge on any atom is 0.269 e. The highest BCUT2D eigenvalue weighted by atomic mass is 32.1. The van der Waals surface area contributed by atoms with Crippen LogP contribution < -0.4 is 10.5 Å². The summed E-state index contributed by atoms with van der Waals surface area (Å²) in [6, 6.07) is 16.3. The number of carbonyl (C=O) groups excluding carboxylic acids is 1. The number of aromatic nitrogens is 3. The van der Waals surface area contributed by atoms with E-state index in [1.54, 1.807) is 17.6 Å². The first-order valence-electron chi connectivity index (χ1n) is 10.5. The average Bonchev–Trinajstić information content (AvgIpc) is 3.54. The van der Waals surface area contributed by atoms with Crippen molar-refractivity contribution in [1.29, 1.82) is 0 Å². The number of benzene rings is 1. The normalized spacial score (nSPS) is 22.3. The number of aromatic amines is 1. The Hall–Kier alpha value is -3.32. The fraction of sp³-hybridized carbons (Fsp3) is 0.250. The predicted octanol–water partition coefficient (Wildman–Crippen LogP) is 4.14. The molecule has 1 aromatic carbocycles. The van der Waals surface area contributed by atoms with E-state index in [0.29, 0.717) is 39.3 Å². The lowest BCUT2D eigenvalue weighted by atomic mass is 9.87. The highest BCUT2D eigenvalue weighted by molar-refractivity contribution is 7.17. The van der Waals surface area contributed by atoms with Gasteiger partial charge in [-0.3, -0.25) is 14.6 Å². The smallest absolute Gasteiger partial charge is 0.269 e. The van der Waals surface area contributed by atoms with Crippen molar-refractivity contribution in [2.24, 2.45) is 11.8 Å². The van der Waals surface area contributed by atoms with Crippen LogP contribution in [0.1, 0.15) is 23.2 Å². The molecule has 3 aromatic heterocycles. The van der Waals surface area contributed by atoms with E-state index in [1.807, 2.05) is 18.2 Å². The molecule has 0 radical (unpaired) electrons. The average molecular weight is 429 g/mol. The minimum absolute atomic E-state index is 0.0119. The number of hydrogen-bond donors (Lipinski definition) is 1. The summed E-state index contributed by atoms with van der Waals surface area (Å²) >= 11 is 1.29. The van der Waals surface area contributed by atoms with Crippen molar-refractivity contribution < 1.29 is 4.79 Å². The third kappa shape index (κ3) is 2.99. The third-order valence-electron chi connectivity index (χ3n) is 6.57. The van der Waals surface area contributed by atoms with Crippen LogP contribution in [0.25, 0.3) is 21.7 Å². The Morgan fingerprint density at radius 1 is 1.10 bits per heavy atom. The first kappa shape index (κ1) is 18.4. The van der Waals surface area contributed by atoms with E-state index in [1.165, 1.54) is 17.0 Å². The van der Waals surface area contributed by atoms with Crippen molar-refractivity contribution in [3.8, 4) is 11.5 Å². The van der Waals surface area contributed by atoms with Crippen LogP contribution in [0, 0.1) is 11.8 Å². The van der Waals surface area contributed by atoms with Crippen LogP contribution in [0.4, 0.5) is 5.69 Å². The van der Waals surface area contributed by atoms with Gasteiger partial charge in [-0.15, -0.1) is 11.3 Å². The van der Waals surface area contributed by atoms with Crippen LogP contribution in [0.3, 0.4) is 0 Å².